The zero-order chi connectivity index (χ0) is 13.7. The summed E-state index contributed by atoms with van der Waals surface area (Å²) < 4.78 is 5.40. The van der Waals surface area contributed by atoms with Crippen LogP contribution < -0.4 is 0 Å². The van der Waals surface area contributed by atoms with Gasteiger partial charge in [-0.15, -0.1) is 0 Å². The lowest BCUT2D eigenvalue weighted by Crippen LogP contribution is -2.42. The van der Waals surface area contributed by atoms with Gasteiger partial charge in [0.25, 0.3) is 0 Å². The van der Waals surface area contributed by atoms with Crippen LogP contribution in [0.25, 0.3) is 0 Å². The molecule has 2 heterocycles. The molecule has 2 unspecified atom stereocenters. The fourth-order valence-electron chi connectivity index (χ4n) is 2.91. The number of carbonyl (C=O) groups is 1. The highest BCUT2D eigenvalue weighted by atomic mass is 16.4. The van der Waals surface area contributed by atoms with Gasteiger partial charge in [0, 0.05) is 25.4 Å². The fourth-order valence-corrected chi connectivity index (χ4v) is 2.91. The number of likely N-dealkylation sites (tertiary alicyclic amines) is 1. The number of carboxylic acid groups (broad SMARTS) is 1. The molecule has 0 aliphatic carbocycles. The molecule has 2 rings (SSSR count). The molecule has 1 saturated heterocycles. The first kappa shape index (κ1) is 14.1. The van der Waals surface area contributed by atoms with Gasteiger partial charge in [-0.05, 0) is 50.8 Å². The molecule has 0 saturated carbocycles. The molecule has 1 fully saturated rings. The van der Waals surface area contributed by atoms with Crippen molar-refractivity contribution in [1.82, 2.24) is 4.90 Å². The molecule has 1 aliphatic rings. The second-order valence-electron chi connectivity index (χ2n) is 5.57. The van der Waals surface area contributed by atoms with Gasteiger partial charge in [-0.25, -0.2) is 0 Å². The van der Waals surface area contributed by atoms with Crippen LogP contribution in [0.4, 0.5) is 0 Å². The minimum absolute atomic E-state index is 0.297. The second kappa shape index (κ2) is 6.75. The molecule has 0 spiro atoms. The van der Waals surface area contributed by atoms with E-state index < -0.39 is 5.97 Å². The topological polar surface area (TPSA) is 53.7 Å². The first-order valence-corrected chi connectivity index (χ1v) is 7.13. The highest BCUT2D eigenvalue weighted by molar-refractivity contribution is 5.66. The van der Waals surface area contributed by atoms with Crippen molar-refractivity contribution >= 4 is 5.97 Å². The summed E-state index contributed by atoms with van der Waals surface area (Å²) in [6.45, 7) is 4.36. The van der Waals surface area contributed by atoms with Crippen molar-refractivity contribution in [1.29, 1.82) is 0 Å². The molecule has 19 heavy (non-hydrogen) atoms. The Balaban J connectivity index is 1.81. The molecule has 0 bridgehead atoms. The molecule has 1 N–H and O–H groups in total. The molecule has 106 valence electrons. The predicted octanol–water partition coefficient (Wildman–Crippen LogP) is 2.79. The van der Waals surface area contributed by atoms with E-state index in [0.29, 0.717) is 18.4 Å². The van der Waals surface area contributed by atoms with Crippen molar-refractivity contribution in [2.45, 2.75) is 45.1 Å². The van der Waals surface area contributed by atoms with Gasteiger partial charge in [0.1, 0.15) is 5.76 Å². The average Bonchev–Trinajstić information content (AvgIpc) is 2.89. The monoisotopic (exact) mass is 265 g/mol. The Morgan fingerprint density at radius 1 is 1.63 bits per heavy atom. The Kier molecular flexibility index (Phi) is 5.02. The van der Waals surface area contributed by atoms with Crippen LogP contribution in [0.5, 0.6) is 0 Å². The van der Waals surface area contributed by atoms with Crippen molar-refractivity contribution in [2.75, 3.05) is 13.1 Å². The van der Waals surface area contributed by atoms with Crippen LogP contribution in [-0.4, -0.2) is 35.1 Å². The van der Waals surface area contributed by atoms with E-state index in [-0.39, 0.29) is 0 Å². The summed E-state index contributed by atoms with van der Waals surface area (Å²) in [5, 5.41) is 8.76. The number of carboxylic acids is 1. The lowest BCUT2D eigenvalue weighted by molar-refractivity contribution is -0.137. The third kappa shape index (κ3) is 4.39. The van der Waals surface area contributed by atoms with E-state index in [0.717, 1.165) is 38.1 Å². The smallest absolute Gasteiger partial charge is 0.303 e. The Bertz CT molecular complexity index is 388. The van der Waals surface area contributed by atoms with Crippen molar-refractivity contribution in [3.8, 4) is 0 Å². The molecule has 1 aromatic rings. The number of hydrogen-bond acceptors (Lipinski definition) is 3. The third-order valence-corrected chi connectivity index (χ3v) is 4.02. The molecule has 4 nitrogen and oxygen atoms in total. The highest BCUT2D eigenvalue weighted by Gasteiger charge is 2.24. The Hall–Kier alpha value is -1.29. The minimum atomic E-state index is -0.680. The molecule has 0 radical (unpaired) electrons. The summed E-state index contributed by atoms with van der Waals surface area (Å²) in [6.07, 6.45) is 6.08. The summed E-state index contributed by atoms with van der Waals surface area (Å²) >= 11 is 0. The maximum Gasteiger partial charge on any atom is 0.303 e. The molecular formula is C15H23NO3. The van der Waals surface area contributed by atoms with Gasteiger partial charge < -0.3 is 9.52 Å². The maximum atomic E-state index is 10.6. The average molecular weight is 265 g/mol. The fraction of sp³-hybridized carbons (Fsp3) is 0.667. The van der Waals surface area contributed by atoms with Crippen LogP contribution in [0, 0.1) is 5.92 Å². The number of piperidine rings is 1. The van der Waals surface area contributed by atoms with Crippen LogP contribution >= 0.6 is 0 Å². The molecule has 1 aliphatic heterocycles. The van der Waals surface area contributed by atoms with Crippen molar-refractivity contribution in [3.05, 3.63) is 24.2 Å². The molecule has 0 amide bonds. The van der Waals surface area contributed by atoms with E-state index in [1.165, 1.54) is 6.42 Å². The quantitative estimate of drug-likeness (QED) is 0.859. The lowest BCUT2D eigenvalue weighted by atomic mass is 9.92. The number of aliphatic carboxylic acids is 1. The first-order valence-electron chi connectivity index (χ1n) is 7.13. The van der Waals surface area contributed by atoms with Crippen LogP contribution in [0.15, 0.2) is 22.8 Å². The van der Waals surface area contributed by atoms with E-state index in [1.54, 1.807) is 6.26 Å². The Morgan fingerprint density at radius 3 is 3.16 bits per heavy atom. The van der Waals surface area contributed by atoms with E-state index in [9.17, 15) is 4.79 Å². The summed E-state index contributed by atoms with van der Waals surface area (Å²) in [4.78, 5) is 13.1. The van der Waals surface area contributed by atoms with Gasteiger partial charge in [-0.2, -0.15) is 0 Å². The maximum absolute atomic E-state index is 10.6. The normalized spacial score (nSPS) is 22.3. The van der Waals surface area contributed by atoms with Crippen LogP contribution in [0.2, 0.25) is 0 Å². The number of nitrogens with zero attached hydrogens (tertiary/aromatic N) is 1. The van der Waals surface area contributed by atoms with Gasteiger partial charge in [-0.1, -0.05) is 0 Å². The lowest BCUT2D eigenvalue weighted by Gasteiger charge is -2.36. The summed E-state index contributed by atoms with van der Waals surface area (Å²) in [7, 11) is 0. The Morgan fingerprint density at radius 2 is 2.47 bits per heavy atom. The largest absolute Gasteiger partial charge is 0.481 e. The standard InChI is InChI=1S/C15H23NO3/c1-12(10-14-5-3-9-19-14)16-8-2-4-13(11-16)6-7-15(17)18/h3,5,9,12-13H,2,4,6-8,10-11H2,1H3,(H,17,18). The second-order valence-corrected chi connectivity index (χ2v) is 5.57. The van der Waals surface area contributed by atoms with E-state index in [1.807, 2.05) is 12.1 Å². The number of hydrogen-bond donors (Lipinski definition) is 1. The van der Waals surface area contributed by atoms with E-state index in [4.69, 9.17) is 9.52 Å². The zero-order valence-electron chi connectivity index (χ0n) is 11.5. The number of furan rings is 1. The van der Waals surface area contributed by atoms with Gasteiger partial charge in [0.05, 0.1) is 6.26 Å². The first-order chi connectivity index (χ1) is 9.15. The van der Waals surface area contributed by atoms with Crippen molar-refractivity contribution in [3.63, 3.8) is 0 Å². The van der Waals surface area contributed by atoms with Crippen LogP contribution in [0.1, 0.15) is 38.4 Å². The summed E-state index contributed by atoms with van der Waals surface area (Å²) in [5.74, 6) is 0.879. The number of rotatable bonds is 6. The molecular weight excluding hydrogens is 242 g/mol. The molecule has 1 aromatic heterocycles. The molecule has 0 aromatic carbocycles. The van der Waals surface area contributed by atoms with Gasteiger partial charge >= 0.3 is 5.97 Å². The highest BCUT2D eigenvalue weighted by Crippen LogP contribution is 2.23. The zero-order valence-corrected chi connectivity index (χ0v) is 11.5. The van der Waals surface area contributed by atoms with Crippen molar-refractivity contribution in [2.24, 2.45) is 5.92 Å². The van der Waals surface area contributed by atoms with E-state index in [2.05, 4.69) is 11.8 Å². The van der Waals surface area contributed by atoms with Crippen LogP contribution in [0.3, 0.4) is 0 Å². The predicted molar refractivity (Wildman–Crippen MR) is 73.0 cm³/mol. The van der Waals surface area contributed by atoms with Crippen LogP contribution in [-0.2, 0) is 11.2 Å². The van der Waals surface area contributed by atoms with Gasteiger partial charge in [-0.3, -0.25) is 9.69 Å². The Labute approximate surface area is 114 Å². The minimum Gasteiger partial charge on any atom is -0.481 e. The molecule has 4 heteroatoms. The van der Waals surface area contributed by atoms with Gasteiger partial charge in [0.15, 0.2) is 0 Å². The third-order valence-electron chi connectivity index (χ3n) is 4.02. The summed E-state index contributed by atoms with van der Waals surface area (Å²) in [6, 6.07) is 4.40. The van der Waals surface area contributed by atoms with Crippen molar-refractivity contribution < 1.29 is 14.3 Å². The van der Waals surface area contributed by atoms with Gasteiger partial charge in [0.2, 0.25) is 0 Å². The molecule has 2 atom stereocenters. The van der Waals surface area contributed by atoms with E-state index >= 15 is 0 Å². The summed E-state index contributed by atoms with van der Waals surface area (Å²) in [5.41, 5.74) is 0. The SMILES string of the molecule is CC(Cc1ccco1)N1CCCC(CCC(=O)O)C1.